The average molecular weight is 354 g/mol. The summed E-state index contributed by atoms with van der Waals surface area (Å²) in [5, 5.41) is 6.74. The van der Waals surface area contributed by atoms with Gasteiger partial charge in [-0.2, -0.15) is 9.97 Å². The number of hydrogen-bond acceptors (Lipinski definition) is 5. The molecule has 102 valence electrons. The molecule has 0 amide bonds. The molecule has 20 heavy (non-hydrogen) atoms. The van der Waals surface area contributed by atoms with Crippen LogP contribution in [-0.2, 0) is 0 Å². The van der Waals surface area contributed by atoms with Crippen LogP contribution in [-0.4, -0.2) is 27.0 Å². The summed E-state index contributed by atoms with van der Waals surface area (Å²) in [5.74, 6) is 1.13. The van der Waals surface area contributed by atoms with Crippen LogP contribution in [0.2, 0.25) is 5.02 Å². The molecule has 3 rings (SSSR count). The number of fused-ring (bicyclic) bond motifs is 1. The van der Waals surface area contributed by atoms with Crippen LogP contribution >= 0.6 is 27.5 Å². The summed E-state index contributed by atoms with van der Waals surface area (Å²) in [7, 11) is 1.76. The molecule has 2 heterocycles. The molecule has 0 unspecified atom stereocenters. The van der Waals surface area contributed by atoms with Crippen LogP contribution in [0.25, 0.3) is 11.2 Å². The van der Waals surface area contributed by atoms with E-state index < -0.39 is 0 Å². The van der Waals surface area contributed by atoms with E-state index in [4.69, 9.17) is 11.6 Å². The number of nitrogens with zero attached hydrogens (tertiary/aromatic N) is 3. The number of H-pyrrole nitrogens is 1. The molecule has 2 aromatic heterocycles. The van der Waals surface area contributed by atoms with Crippen LogP contribution in [0.4, 0.5) is 17.5 Å². The molecular formula is C12H10BrClN6. The fourth-order valence-electron chi connectivity index (χ4n) is 1.75. The molecule has 0 saturated carbocycles. The standard InChI is InChI=1S/C12H10BrClN6/c1-15-12-19-10-9(16-5-17-10)11(20-12)18-6-2-3-7(13)8(14)4-6/h2-5H,1H3,(H3,15,16,17,18,19,20). The number of anilines is 3. The first kappa shape index (κ1) is 13.1. The number of aromatic nitrogens is 4. The van der Waals surface area contributed by atoms with E-state index in [9.17, 15) is 0 Å². The van der Waals surface area contributed by atoms with E-state index in [-0.39, 0.29) is 0 Å². The van der Waals surface area contributed by atoms with Crippen molar-refractivity contribution in [1.29, 1.82) is 0 Å². The summed E-state index contributed by atoms with van der Waals surface area (Å²) in [6.45, 7) is 0. The maximum absolute atomic E-state index is 6.08. The van der Waals surface area contributed by atoms with Crippen LogP contribution in [0.3, 0.4) is 0 Å². The number of aromatic amines is 1. The van der Waals surface area contributed by atoms with Crippen molar-refractivity contribution in [3.05, 3.63) is 34.0 Å². The highest BCUT2D eigenvalue weighted by atomic mass is 79.9. The lowest BCUT2D eigenvalue weighted by Gasteiger charge is -2.09. The van der Waals surface area contributed by atoms with Crippen molar-refractivity contribution in [3.8, 4) is 0 Å². The second-order valence-corrected chi connectivity index (χ2v) is 5.26. The van der Waals surface area contributed by atoms with Gasteiger partial charge in [0.1, 0.15) is 5.52 Å². The van der Waals surface area contributed by atoms with Crippen LogP contribution in [0.5, 0.6) is 0 Å². The Balaban J connectivity index is 2.04. The molecule has 0 spiro atoms. The van der Waals surface area contributed by atoms with Gasteiger partial charge in [-0.3, -0.25) is 0 Å². The third-order valence-electron chi connectivity index (χ3n) is 2.69. The normalized spacial score (nSPS) is 10.8. The molecule has 1 aromatic carbocycles. The molecule has 3 aromatic rings. The Morgan fingerprint density at radius 2 is 2.15 bits per heavy atom. The monoisotopic (exact) mass is 352 g/mol. The van der Waals surface area contributed by atoms with E-state index in [1.807, 2.05) is 18.2 Å². The average Bonchev–Trinajstić information content (AvgIpc) is 2.91. The smallest absolute Gasteiger partial charge is 0.226 e. The maximum atomic E-state index is 6.08. The highest BCUT2D eigenvalue weighted by molar-refractivity contribution is 9.10. The molecule has 0 atom stereocenters. The Morgan fingerprint density at radius 1 is 1.30 bits per heavy atom. The number of rotatable bonds is 3. The van der Waals surface area contributed by atoms with Crippen LogP contribution in [0.1, 0.15) is 0 Å². The van der Waals surface area contributed by atoms with Gasteiger partial charge in [-0.1, -0.05) is 11.6 Å². The summed E-state index contributed by atoms with van der Waals surface area (Å²) in [6.07, 6.45) is 1.58. The zero-order valence-electron chi connectivity index (χ0n) is 10.4. The predicted octanol–water partition coefficient (Wildman–Crippen LogP) is 3.55. The molecule has 0 aliphatic carbocycles. The van der Waals surface area contributed by atoms with E-state index in [2.05, 4.69) is 46.5 Å². The second kappa shape index (κ2) is 5.26. The quantitative estimate of drug-likeness (QED) is 0.671. The van der Waals surface area contributed by atoms with Gasteiger partial charge in [0.25, 0.3) is 0 Å². The second-order valence-electron chi connectivity index (χ2n) is 4.00. The first-order chi connectivity index (χ1) is 9.67. The first-order valence-corrected chi connectivity index (χ1v) is 6.95. The van der Waals surface area contributed by atoms with E-state index >= 15 is 0 Å². The van der Waals surface area contributed by atoms with Gasteiger partial charge in [0.05, 0.1) is 11.3 Å². The van der Waals surface area contributed by atoms with Crippen molar-refractivity contribution in [1.82, 2.24) is 19.9 Å². The maximum Gasteiger partial charge on any atom is 0.226 e. The minimum atomic E-state index is 0.496. The molecule has 0 aliphatic heterocycles. The SMILES string of the molecule is CNc1nc(Nc2ccc(Br)c(Cl)c2)c2[nH]cnc2n1. The lowest BCUT2D eigenvalue weighted by molar-refractivity contribution is 1.18. The predicted molar refractivity (Wildman–Crippen MR) is 83.7 cm³/mol. The molecule has 0 saturated heterocycles. The Labute approximate surface area is 128 Å². The number of nitrogens with one attached hydrogen (secondary N) is 3. The van der Waals surface area contributed by atoms with E-state index in [0.29, 0.717) is 22.4 Å². The van der Waals surface area contributed by atoms with Crippen LogP contribution in [0.15, 0.2) is 29.0 Å². The minimum absolute atomic E-state index is 0.496. The summed E-state index contributed by atoms with van der Waals surface area (Å²) < 4.78 is 0.843. The van der Waals surface area contributed by atoms with Crippen molar-refractivity contribution in [2.24, 2.45) is 0 Å². The minimum Gasteiger partial charge on any atom is -0.357 e. The summed E-state index contributed by atoms with van der Waals surface area (Å²) >= 11 is 9.44. The number of imidazole rings is 1. The van der Waals surface area contributed by atoms with Gasteiger partial charge in [0.2, 0.25) is 5.95 Å². The zero-order chi connectivity index (χ0) is 14.1. The molecular weight excluding hydrogens is 344 g/mol. The van der Waals surface area contributed by atoms with Gasteiger partial charge in [-0.25, -0.2) is 4.98 Å². The molecule has 0 fully saturated rings. The third-order valence-corrected chi connectivity index (χ3v) is 3.92. The number of hydrogen-bond donors (Lipinski definition) is 3. The molecule has 8 heteroatoms. The van der Waals surface area contributed by atoms with Crippen molar-refractivity contribution < 1.29 is 0 Å². The topological polar surface area (TPSA) is 78.5 Å². The Kier molecular flexibility index (Phi) is 3.45. The van der Waals surface area contributed by atoms with Gasteiger partial charge in [0, 0.05) is 17.2 Å². The van der Waals surface area contributed by atoms with Crippen LogP contribution < -0.4 is 10.6 Å². The molecule has 0 aliphatic rings. The number of benzene rings is 1. The zero-order valence-corrected chi connectivity index (χ0v) is 12.7. The Bertz CT molecular complexity index is 772. The Hall–Kier alpha value is -1.86. The van der Waals surface area contributed by atoms with Crippen molar-refractivity contribution in [2.45, 2.75) is 0 Å². The van der Waals surface area contributed by atoms with E-state index in [1.54, 1.807) is 13.4 Å². The molecule has 3 N–H and O–H groups in total. The third kappa shape index (κ3) is 2.41. The van der Waals surface area contributed by atoms with Crippen molar-refractivity contribution in [3.63, 3.8) is 0 Å². The summed E-state index contributed by atoms with van der Waals surface area (Å²) in [4.78, 5) is 15.8. The fourth-order valence-corrected chi connectivity index (χ4v) is 2.17. The van der Waals surface area contributed by atoms with Crippen molar-refractivity contribution >= 4 is 56.1 Å². The van der Waals surface area contributed by atoms with E-state index in [0.717, 1.165) is 15.7 Å². The van der Waals surface area contributed by atoms with Gasteiger partial charge < -0.3 is 15.6 Å². The highest BCUT2D eigenvalue weighted by Crippen LogP contribution is 2.28. The number of halogens is 2. The Morgan fingerprint density at radius 3 is 2.90 bits per heavy atom. The molecule has 6 nitrogen and oxygen atoms in total. The van der Waals surface area contributed by atoms with Gasteiger partial charge in [0.15, 0.2) is 11.5 Å². The first-order valence-electron chi connectivity index (χ1n) is 5.78. The lowest BCUT2D eigenvalue weighted by atomic mass is 10.3. The van der Waals surface area contributed by atoms with Crippen molar-refractivity contribution in [2.75, 3.05) is 17.7 Å². The molecule has 0 bridgehead atoms. The fraction of sp³-hybridized carbons (Fsp3) is 0.0833. The van der Waals surface area contributed by atoms with Gasteiger partial charge >= 0.3 is 0 Å². The summed E-state index contributed by atoms with van der Waals surface area (Å²) in [6, 6.07) is 5.59. The van der Waals surface area contributed by atoms with Gasteiger partial charge in [-0.05, 0) is 34.1 Å². The largest absolute Gasteiger partial charge is 0.357 e. The van der Waals surface area contributed by atoms with Gasteiger partial charge in [-0.15, -0.1) is 0 Å². The summed E-state index contributed by atoms with van der Waals surface area (Å²) in [5.41, 5.74) is 2.16. The highest BCUT2D eigenvalue weighted by Gasteiger charge is 2.10. The lowest BCUT2D eigenvalue weighted by Crippen LogP contribution is -2.01. The van der Waals surface area contributed by atoms with Crippen LogP contribution in [0, 0.1) is 0 Å². The molecule has 0 radical (unpaired) electrons. The van der Waals surface area contributed by atoms with E-state index in [1.165, 1.54) is 0 Å².